The molecule has 2 rings (SSSR count). The van der Waals surface area contributed by atoms with Crippen molar-refractivity contribution in [1.29, 1.82) is 0 Å². The molecule has 0 radical (unpaired) electrons. The van der Waals surface area contributed by atoms with E-state index < -0.39 is 0 Å². The Hall–Kier alpha value is -1.06. The predicted octanol–water partition coefficient (Wildman–Crippen LogP) is 2.24. The minimum Gasteiger partial charge on any atom is -0.336 e. The molecule has 1 aromatic heterocycles. The van der Waals surface area contributed by atoms with Crippen molar-refractivity contribution in [3.63, 3.8) is 0 Å². The second-order valence-corrected chi connectivity index (χ2v) is 8.35. The van der Waals surface area contributed by atoms with Crippen LogP contribution in [-0.4, -0.2) is 51.1 Å². The van der Waals surface area contributed by atoms with Gasteiger partial charge in [0.25, 0.3) is 0 Å². The molecule has 0 aromatic carbocycles. The molecule has 21 heavy (non-hydrogen) atoms. The Balaban J connectivity index is 1.90. The fourth-order valence-electron chi connectivity index (χ4n) is 1.59. The van der Waals surface area contributed by atoms with Crippen molar-refractivity contribution in [2.24, 2.45) is 0 Å². The lowest BCUT2D eigenvalue weighted by atomic mass is 10.4. The number of nitrogens with zero attached hydrogens (tertiary/aromatic N) is 3. The van der Waals surface area contributed by atoms with Crippen LogP contribution in [0.1, 0.15) is 13.8 Å². The number of aromatic nitrogens is 2. The van der Waals surface area contributed by atoms with Gasteiger partial charge in [0.1, 0.15) is 0 Å². The molecule has 1 N–H and O–H groups in total. The van der Waals surface area contributed by atoms with Crippen molar-refractivity contribution < 1.29 is 9.59 Å². The van der Waals surface area contributed by atoms with Crippen molar-refractivity contribution >= 4 is 46.8 Å². The van der Waals surface area contributed by atoms with Crippen molar-refractivity contribution in [3.05, 3.63) is 12.2 Å². The van der Waals surface area contributed by atoms with E-state index in [0.29, 0.717) is 13.1 Å². The first-order chi connectivity index (χ1) is 9.97. The van der Waals surface area contributed by atoms with Crippen LogP contribution in [-0.2, 0) is 4.79 Å². The minimum absolute atomic E-state index is 0.193. The zero-order valence-corrected chi connectivity index (χ0v) is 14.2. The third kappa shape index (κ3) is 4.45. The number of nitrogens with one attached hydrogen (secondary N) is 1. The average Bonchev–Trinajstić information content (AvgIpc) is 3.04. The molecule has 6 nitrogen and oxygen atoms in total. The number of imide groups is 1. The molecule has 1 aliphatic rings. The van der Waals surface area contributed by atoms with Gasteiger partial charge in [-0.1, -0.05) is 47.0 Å². The highest BCUT2D eigenvalue weighted by Gasteiger charge is 2.30. The maximum Gasteiger partial charge on any atom is 0.324 e. The maximum atomic E-state index is 12.2. The summed E-state index contributed by atoms with van der Waals surface area (Å²) in [5.41, 5.74) is 1.08. The predicted molar refractivity (Wildman–Crippen MR) is 85.9 cm³/mol. The molecule has 9 heteroatoms. The third-order valence-electron chi connectivity index (χ3n) is 2.58. The fourth-order valence-corrected chi connectivity index (χ4v) is 4.66. The van der Waals surface area contributed by atoms with Crippen LogP contribution < -0.4 is 5.32 Å². The van der Waals surface area contributed by atoms with Gasteiger partial charge < -0.3 is 5.32 Å². The number of thioether (sulfide) groups is 2. The summed E-state index contributed by atoms with van der Waals surface area (Å²) in [6.07, 6.45) is 0. The summed E-state index contributed by atoms with van der Waals surface area (Å²) in [7, 11) is 0. The largest absolute Gasteiger partial charge is 0.336 e. The molecule has 2 heterocycles. The van der Waals surface area contributed by atoms with Crippen LogP contribution in [0.5, 0.6) is 0 Å². The van der Waals surface area contributed by atoms with E-state index in [9.17, 15) is 9.59 Å². The molecule has 1 aliphatic heterocycles. The van der Waals surface area contributed by atoms with Gasteiger partial charge in [-0.2, -0.15) is 0 Å². The fraction of sp³-hybridized carbons (Fsp3) is 0.500. The van der Waals surface area contributed by atoms with Crippen LogP contribution in [0, 0.1) is 0 Å². The van der Waals surface area contributed by atoms with Gasteiger partial charge in [0, 0.05) is 18.8 Å². The SMILES string of the molecule is C=C(C)CSc1nnc(S[C@@H](C)C(=O)N2CCNC2=O)s1. The second kappa shape index (κ2) is 7.28. The van der Waals surface area contributed by atoms with Crippen LogP contribution in [0.2, 0.25) is 0 Å². The van der Waals surface area contributed by atoms with Gasteiger partial charge in [0.15, 0.2) is 8.68 Å². The van der Waals surface area contributed by atoms with Gasteiger partial charge in [-0.05, 0) is 13.8 Å². The van der Waals surface area contributed by atoms with Crippen LogP contribution >= 0.6 is 34.9 Å². The zero-order chi connectivity index (χ0) is 15.4. The number of rotatable bonds is 6. The van der Waals surface area contributed by atoms with Crippen molar-refractivity contribution in [2.75, 3.05) is 18.8 Å². The summed E-state index contributed by atoms with van der Waals surface area (Å²) >= 11 is 4.37. The normalized spacial score (nSPS) is 15.9. The standard InChI is InChI=1S/C12H16N4O2S3/c1-7(2)6-19-11-14-15-12(21-11)20-8(3)9(17)16-5-4-13-10(16)18/h8H,1,4-6H2,2-3H3,(H,13,18)/t8-/m0/s1. The highest BCUT2D eigenvalue weighted by atomic mass is 32.2. The summed E-state index contributed by atoms with van der Waals surface area (Å²) in [6.45, 7) is 8.53. The minimum atomic E-state index is -0.360. The third-order valence-corrected chi connectivity index (χ3v) is 6.04. The second-order valence-electron chi connectivity index (χ2n) is 4.56. The Morgan fingerprint density at radius 3 is 2.86 bits per heavy atom. The van der Waals surface area contributed by atoms with Crippen LogP contribution in [0.15, 0.2) is 20.8 Å². The van der Waals surface area contributed by atoms with E-state index in [2.05, 4.69) is 22.1 Å². The summed E-state index contributed by atoms with van der Waals surface area (Å²) in [5, 5.41) is 10.4. The van der Waals surface area contributed by atoms with E-state index in [1.54, 1.807) is 18.7 Å². The molecule has 114 valence electrons. The molecule has 0 saturated carbocycles. The summed E-state index contributed by atoms with van der Waals surface area (Å²) in [6, 6.07) is -0.317. The molecule has 0 bridgehead atoms. The Kier molecular flexibility index (Phi) is 5.65. The number of urea groups is 1. The van der Waals surface area contributed by atoms with Gasteiger partial charge >= 0.3 is 6.03 Å². The zero-order valence-electron chi connectivity index (χ0n) is 11.8. The molecule has 0 spiro atoms. The van der Waals surface area contributed by atoms with E-state index in [-0.39, 0.29) is 17.2 Å². The molecular formula is C12H16N4O2S3. The van der Waals surface area contributed by atoms with E-state index in [4.69, 9.17) is 0 Å². The van der Waals surface area contributed by atoms with Gasteiger partial charge in [-0.3, -0.25) is 9.69 Å². The number of amides is 3. The lowest BCUT2D eigenvalue weighted by Gasteiger charge is -2.16. The smallest absolute Gasteiger partial charge is 0.324 e. The Morgan fingerprint density at radius 2 is 2.24 bits per heavy atom. The van der Waals surface area contributed by atoms with Crippen molar-refractivity contribution in [1.82, 2.24) is 20.4 Å². The monoisotopic (exact) mass is 344 g/mol. The van der Waals surface area contributed by atoms with Gasteiger partial charge in [0.05, 0.1) is 5.25 Å². The first kappa shape index (κ1) is 16.3. The first-order valence-electron chi connectivity index (χ1n) is 6.34. The van der Waals surface area contributed by atoms with E-state index >= 15 is 0 Å². The molecule has 1 fully saturated rings. The maximum absolute atomic E-state index is 12.2. The lowest BCUT2D eigenvalue weighted by molar-refractivity contribution is -0.126. The van der Waals surface area contributed by atoms with Crippen molar-refractivity contribution in [3.8, 4) is 0 Å². The first-order valence-corrected chi connectivity index (χ1v) is 9.02. The van der Waals surface area contributed by atoms with Gasteiger partial charge in [0.2, 0.25) is 5.91 Å². The number of carbonyl (C=O) groups is 2. The van der Waals surface area contributed by atoms with Gasteiger partial charge in [-0.25, -0.2) is 4.79 Å². The Bertz CT molecular complexity index is 560. The Labute approximate surface area is 135 Å². The molecule has 1 atom stereocenters. The van der Waals surface area contributed by atoms with Crippen LogP contribution in [0.25, 0.3) is 0 Å². The quantitative estimate of drug-likeness (QED) is 0.630. The average molecular weight is 344 g/mol. The van der Waals surface area contributed by atoms with Crippen LogP contribution in [0.4, 0.5) is 4.79 Å². The Morgan fingerprint density at radius 1 is 1.52 bits per heavy atom. The number of carbonyl (C=O) groups excluding carboxylic acids is 2. The van der Waals surface area contributed by atoms with Gasteiger partial charge in [-0.15, -0.1) is 10.2 Å². The van der Waals surface area contributed by atoms with Crippen LogP contribution in [0.3, 0.4) is 0 Å². The van der Waals surface area contributed by atoms with E-state index in [0.717, 1.165) is 20.0 Å². The molecule has 1 aromatic rings. The van der Waals surface area contributed by atoms with E-state index in [1.807, 2.05) is 6.92 Å². The molecule has 0 unspecified atom stereocenters. The topological polar surface area (TPSA) is 75.2 Å². The number of hydrogen-bond donors (Lipinski definition) is 1. The molecule has 3 amide bonds. The summed E-state index contributed by atoms with van der Waals surface area (Å²) in [4.78, 5) is 24.9. The summed E-state index contributed by atoms with van der Waals surface area (Å²) in [5.74, 6) is 0.614. The highest BCUT2D eigenvalue weighted by molar-refractivity contribution is 8.04. The summed E-state index contributed by atoms with van der Waals surface area (Å²) < 4.78 is 1.60. The molecule has 1 saturated heterocycles. The number of hydrogen-bond acceptors (Lipinski definition) is 7. The molecular weight excluding hydrogens is 328 g/mol. The lowest BCUT2D eigenvalue weighted by Crippen LogP contribution is -2.38. The van der Waals surface area contributed by atoms with Crippen molar-refractivity contribution in [2.45, 2.75) is 27.8 Å². The van der Waals surface area contributed by atoms with E-state index in [1.165, 1.54) is 28.0 Å². The molecule has 0 aliphatic carbocycles. The highest BCUT2D eigenvalue weighted by Crippen LogP contribution is 2.32.